The minimum absolute atomic E-state index is 0. The molecule has 0 atom stereocenters. The number of hydrogen-bond acceptors (Lipinski definition) is 3. The summed E-state index contributed by atoms with van der Waals surface area (Å²) in [6.45, 7) is 8.13. The van der Waals surface area contributed by atoms with Gasteiger partial charge in [0.05, 0.1) is 5.69 Å². The number of nitrogens with one attached hydrogen (secondary N) is 2. The highest BCUT2D eigenvalue weighted by Gasteiger charge is 2.38. The summed E-state index contributed by atoms with van der Waals surface area (Å²) in [5.41, 5.74) is 2.58. The molecule has 6 heteroatoms. The summed E-state index contributed by atoms with van der Waals surface area (Å²) >= 11 is 0. The quantitative estimate of drug-likeness (QED) is 0.381. The van der Waals surface area contributed by atoms with Crippen molar-refractivity contribution in [2.45, 2.75) is 52.0 Å². The number of guanidine groups is 1. The Morgan fingerprint density at radius 1 is 1.19 bits per heavy atom. The molecule has 0 spiro atoms. The summed E-state index contributed by atoms with van der Waals surface area (Å²) in [5.74, 6) is 2.34. The summed E-state index contributed by atoms with van der Waals surface area (Å²) in [5, 5.41) is 6.84. The summed E-state index contributed by atoms with van der Waals surface area (Å²) in [6, 6.07) is 10.8. The second-order valence-corrected chi connectivity index (χ2v) is 6.80. The molecule has 1 aliphatic carbocycles. The molecule has 26 heavy (non-hydrogen) atoms. The molecule has 1 aromatic heterocycles. The summed E-state index contributed by atoms with van der Waals surface area (Å²) < 4.78 is 5.62. The lowest BCUT2D eigenvalue weighted by Gasteiger charge is -2.43. The average Bonchev–Trinajstić information content (AvgIpc) is 2.90. The summed E-state index contributed by atoms with van der Waals surface area (Å²) in [4.78, 5) is 9.03. The van der Waals surface area contributed by atoms with Crippen LogP contribution in [0.3, 0.4) is 0 Å². The summed E-state index contributed by atoms with van der Waals surface area (Å²) in [7, 11) is 0. The second-order valence-electron chi connectivity index (χ2n) is 6.80. The van der Waals surface area contributed by atoms with Crippen LogP contribution >= 0.6 is 24.0 Å². The molecule has 1 heterocycles. The van der Waals surface area contributed by atoms with Gasteiger partial charge in [-0.2, -0.15) is 0 Å². The van der Waals surface area contributed by atoms with E-state index in [-0.39, 0.29) is 29.4 Å². The van der Waals surface area contributed by atoms with E-state index >= 15 is 0 Å². The molecular weight excluding hydrogens is 439 g/mol. The van der Waals surface area contributed by atoms with E-state index in [0.717, 1.165) is 30.5 Å². The lowest BCUT2D eigenvalue weighted by molar-refractivity contribution is 0.244. The molecule has 0 aliphatic heterocycles. The van der Waals surface area contributed by atoms with Crippen molar-refractivity contribution < 1.29 is 4.42 Å². The van der Waals surface area contributed by atoms with Gasteiger partial charge in [0.2, 0.25) is 5.89 Å². The first-order valence-electron chi connectivity index (χ1n) is 9.13. The Hall–Kier alpha value is -1.57. The van der Waals surface area contributed by atoms with Crippen LogP contribution in [-0.4, -0.2) is 24.0 Å². The molecule has 0 saturated heterocycles. The lowest BCUT2D eigenvalue weighted by atomic mass is 9.64. The molecule has 3 rings (SSSR count). The van der Waals surface area contributed by atoms with E-state index in [1.807, 2.05) is 13.8 Å². The Labute approximate surface area is 173 Å². The normalized spacial score (nSPS) is 15.7. The predicted molar refractivity (Wildman–Crippen MR) is 116 cm³/mol. The standard InChI is InChI=1S/C20H28N4O.HI/c1-4-21-19(22-13-18-24-15(2)16(3)25-18)23-14-20(11-8-12-20)17-9-6-5-7-10-17;/h5-7,9-10H,4,8,11-14H2,1-3H3,(H2,21,22,23);1H. The molecular formula is C20H29IN4O. The van der Waals surface area contributed by atoms with Crippen LogP contribution in [0.2, 0.25) is 0 Å². The maximum Gasteiger partial charge on any atom is 0.216 e. The average molecular weight is 468 g/mol. The monoisotopic (exact) mass is 468 g/mol. The number of aromatic nitrogens is 1. The molecule has 0 radical (unpaired) electrons. The predicted octanol–water partition coefficient (Wildman–Crippen LogP) is 4.09. The van der Waals surface area contributed by atoms with Gasteiger partial charge in [-0.05, 0) is 39.2 Å². The first-order valence-corrected chi connectivity index (χ1v) is 9.13. The molecule has 2 aromatic rings. The first kappa shape index (κ1) is 20.7. The van der Waals surface area contributed by atoms with E-state index in [1.54, 1.807) is 0 Å². The van der Waals surface area contributed by atoms with Gasteiger partial charge in [0.25, 0.3) is 0 Å². The highest BCUT2D eigenvalue weighted by Crippen LogP contribution is 2.43. The van der Waals surface area contributed by atoms with E-state index in [1.165, 1.54) is 24.8 Å². The van der Waals surface area contributed by atoms with Gasteiger partial charge in [-0.25, -0.2) is 9.98 Å². The third-order valence-corrected chi connectivity index (χ3v) is 5.08. The van der Waals surface area contributed by atoms with Crippen molar-refractivity contribution in [3.8, 4) is 0 Å². The number of aryl methyl sites for hydroxylation is 2. The molecule has 142 valence electrons. The highest BCUT2D eigenvalue weighted by atomic mass is 127. The first-order chi connectivity index (χ1) is 12.1. The van der Waals surface area contributed by atoms with E-state index in [9.17, 15) is 0 Å². The lowest BCUT2D eigenvalue weighted by Crippen LogP contribution is -2.48. The zero-order chi connectivity index (χ0) is 17.7. The van der Waals surface area contributed by atoms with Crippen LogP contribution in [0.4, 0.5) is 0 Å². The fourth-order valence-electron chi connectivity index (χ4n) is 3.31. The number of rotatable bonds is 6. The number of oxazole rings is 1. The molecule has 2 N–H and O–H groups in total. The minimum atomic E-state index is 0. The topological polar surface area (TPSA) is 62.5 Å². The molecule has 1 aromatic carbocycles. The maximum absolute atomic E-state index is 5.62. The van der Waals surface area contributed by atoms with Gasteiger partial charge in [-0.3, -0.25) is 0 Å². The molecule has 0 amide bonds. The van der Waals surface area contributed by atoms with Crippen molar-refractivity contribution >= 4 is 29.9 Å². The van der Waals surface area contributed by atoms with E-state index in [4.69, 9.17) is 4.42 Å². The Bertz CT molecular complexity index is 703. The van der Waals surface area contributed by atoms with Crippen LogP contribution in [0.5, 0.6) is 0 Å². The van der Waals surface area contributed by atoms with Gasteiger partial charge in [0.15, 0.2) is 5.96 Å². The molecule has 0 unspecified atom stereocenters. The number of hydrogen-bond donors (Lipinski definition) is 2. The van der Waals surface area contributed by atoms with Gasteiger partial charge in [-0.15, -0.1) is 24.0 Å². The Kier molecular flexibility index (Phi) is 7.49. The van der Waals surface area contributed by atoms with E-state index < -0.39 is 0 Å². The van der Waals surface area contributed by atoms with Crippen LogP contribution in [0.15, 0.2) is 39.7 Å². The Balaban J connectivity index is 0.00000243. The van der Waals surface area contributed by atoms with Gasteiger partial charge >= 0.3 is 0 Å². The van der Waals surface area contributed by atoms with Crippen molar-refractivity contribution in [3.63, 3.8) is 0 Å². The van der Waals surface area contributed by atoms with Gasteiger partial charge in [0, 0.05) is 18.5 Å². The largest absolute Gasteiger partial charge is 0.444 e. The Morgan fingerprint density at radius 2 is 1.92 bits per heavy atom. The van der Waals surface area contributed by atoms with Gasteiger partial charge in [-0.1, -0.05) is 36.8 Å². The molecule has 1 fully saturated rings. The zero-order valence-corrected chi connectivity index (χ0v) is 18.2. The number of halogens is 1. The maximum atomic E-state index is 5.62. The third kappa shape index (κ3) is 4.78. The minimum Gasteiger partial charge on any atom is -0.444 e. The van der Waals surface area contributed by atoms with Crippen LogP contribution < -0.4 is 10.6 Å². The third-order valence-electron chi connectivity index (χ3n) is 5.08. The number of aliphatic imine (C=N–C) groups is 1. The van der Waals surface area contributed by atoms with Crippen LogP contribution in [0.25, 0.3) is 0 Å². The van der Waals surface area contributed by atoms with Gasteiger partial charge in [0.1, 0.15) is 12.3 Å². The molecule has 1 aliphatic rings. The molecule has 0 bridgehead atoms. The second kappa shape index (κ2) is 9.39. The van der Waals surface area contributed by atoms with Crippen molar-refractivity contribution in [1.82, 2.24) is 15.6 Å². The SMILES string of the molecule is CCNC(=NCc1nc(C)c(C)o1)NCC1(c2ccccc2)CCC1.I. The Morgan fingerprint density at radius 3 is 2.46 bits per heavy atom. The molecule has 5 nitrogen and oxygen atoms in total. The van der Waals surface area contributed by atoms with Crippen molar-refractivity contribution in [2.75, 3.05) is 13.1 Å². The zero-order valence-electron chi connectivity index (χ0n) is 15.8. The fourth-order valence-corrected chi connectivity index (χ4v) is 3.31. The van der Waals surface area contributed by atoms with E-state index in [2.05, 4.69) is 57.9 Å². The number of benzene rings is 1. The van der Waals surface area contributed by atoms with E-state index in [0.29, 0.717) is 12.4 Å². The summed E-state index contributed by atoms with van der Waals surface area (Å²) in [6.07, 6.45) is 3.74. The van der Waals surface area contributed by atoms with Crippen molar-refractivity contribution in [1.29, 1.82) is 0 Å². The van der Waals surface area contributed by atoms with Gasteiger partial charge < -0.3 is 15.1 Å². The highest BCUT2D eigenvalue weighted by molar-refractivity contribution is 14.0. The van der Waals surface area contributed by atoms with Crippen LogP contribution in [0, 0.1) is 13.8 Å². The van der Waals surface area contributed by atoms with Crippen LogP contribution in [-0.2, 0) is 12.0 Å². The van der Waals surface area contributed by atoms with Crippen molar-refractivity contribution in [2.24, 2.45) is 4.99 Å². The number of nitrogens with zero attached hydrogens (tertiary/aromatic N) is 2. The van der Waals surface area contributed by atoms with Crippen LogP contribution in [0.1, 0.15) is 49.1 Å². The smallest absolute Gasteiger partial charge is 0.216 e. The molecule has 1 saturated carbocycles. The fraction of sp³-hybridized carbons (Fsp3) is 0.500. The van der Waals surface area contributed by atoms with Crippen molar-refractivity contribution in [3.05, 3.63) is 53.2 Å².